The molecule has 0 saturated carbocycles. The third kappa shape index (κ3) is 8.04. The highest BCUT2D eigenvalue weighted by Gasteiger charge is 2.29. The van der Waals surface area contributed by atoms with Crippen LogP contribution in [0.1, 0.15) is 32.3 Å². The van der Waals surface area contributed by atoms with Gasteiger partial charge in [0.2, 0.25) is 0 Å². The lowest BCUT2D eigenvalue weighted by Crippen LogP contribution is -2.44. The summed E-state index contributed by atoms with van der Waals surface area (Å²) in [6.45, 7) is 7.45. The summed E-state index contributed by atoms with van der Waals surface area (Å²) in [7, 11) is -3.25. The predicted octanol–water partition coefficient (Wildman–Crippen LogP) is 3.69. The molecule has 0 aromatic heterocycles. The van der Waals surface area contributed by atoms with Crippen LogP contribution in [0.25, 0.3) is 0 Å². The fourth-order valence-electron chi connectivity index (χ4n) is 3.95. The van der Waals surface area contributed by atoms with Crippen molar-refractivity contribution in [1.29, 1.82) is 0 Å². The molecule has 1 fully saturated rings. The molecule has 3 rings (SSSR count). The van der Waals surface area contributed by atoms with Crippen LogP contribution in [0, 0.1) is 0 Å². The SMILES string of the molecule is CCNC(=NCCCS(=O)(=O)c1ccccc1)NC1CC(C)N(Cc2ccccc2)C1.I. The average molecular weight is 571 g/mol. The maximum Gasteiger partial charge on any atom is 0.191 e. The van der Waals surface area contributed by atoms with E-state index in [-0.39, 0.29) is 29.7 Å². The van der Waals surface area contributed by atoms with E-state index in [1.54, 1.807) is 24.3 Å². The van der Waals surface area contributed by atoms with Gasteiger partial charge >= 0.3 is 0 Å². The molecule has 0 spiro atoms. The van der Waals surface area contributed by atoms with Crippen molar-refractivity contribution < 1.29 is 8.42 Å². The number of hydrogen-bond acceptors (Lipinski definition) is 4. The number of rotatable bonds is 9. The van der Waals surface area contributed by atoms with Crippen molar-refractivity contribution in [2.75, 3.05) is 25.4 Å². The number of nitrogens with one attached hydrogen (secondary N) is 2. The molecule has 8 heteroatoms. The van der Waals surface area contributed by atoms with Crippen LogP contribution in [0.2, 0.25) is 0 Å². The largest absolute Gasteiger partial charge is 0.357 e. The second kappa shape index (κ2) is 13.2. The molecule has 32 heavy (non-hydrogen) atoms. The van der Waals surface area contributed by atoms with Crippen molar-refractivity contribution in [2.45, 2.75) is 50.2 Å². The van der Waals surface area contributed by atoms with Gasteiger partial charge in [0.05, 0.1) is 10.6 Å². The van der Waals surface area contributed by atoms with Gasteiger partial charge in [0.25, 0.3) is 0 Å². The Morgan fingerprint density at radius 3 is 2.41 bits per heavy atom. The van der Waals surface area contributed by atoms with Gasteiger partial charge in [-0.25, -0.2) is 8.42 Å². The highest BCUT2D eigenvalue weighted by atomic mass is 127. The zero-order valence-electron chi connectivity index (χ0n) is 18.9. The first-order valence-corrected chi connectivity index (χ1v) is 12.7. The summed E-state index contributed by atoms with van der Waals surface area (Å²) in [6, 6.07) is 20.0. The van der Waals surface area contributed by atoms with Crippen LogP contribution >= 0.6 is 24.0 Å². The van der Waals surface area contributed by atoms with Gasteiger partial charge in [-0.15, -0.1) is 24.0 Å². The number of benzene rings is 2. The Bertz CT molecular complexity index is 939. The fraction of sp³-hybridized carbons (Fsp3) is 0.458. The van der Waals surface area contributed by atoms with E-state index in [1.807, 2.05) is 19.1 Å². The molecule has 2 aromatic rings. The Labute approximate surface area is 209 Å². The van der Waals surface area contributed by atoms with Gasteiger partial charge in [-0.2, -0.15) is 0 Å². The lowest BCUT2D eigenvalue weighted by atomic mass is 10.2. The Morgan fingerprint density at radius 1 is 1.09 bits per heavy atom. The number of guanidine groups is 1. The molecule has 1 aliphatic rings. The van der Waals surface area contributed by atoms with Crippen molar-refractivity contribution in [3.05, 3.63) is 66.2 Å². The smallest absolute Gasteiger partial charge is 0.191 e. The third-order valence-electron chi connectivity index (χ3n) is 5.56. The molecule has 2 N–H and O–H groups in total. The first-order chi connectivity index (χ1) is 15.0. The quantitative estimate of drug-likeness (QED) is 0.208. The predicted molar refractivity (Wildman–Crippen MR) is 142 cm³/mol. The summed E-state index contributed by atoms with van der Waals surface area (Å²) in [6.07, 6.45) is 1.55. The van der Waals surface area contributed by atoms with E-state index in [1.165, 1.54) is 5.56 Å². The number of sulfone groups is 1. The first kappa shape index (κ1) is 26.6. The van der Waals surface area contributed by atoms with Crippen LogP contribution in [0.3, 0.4) is 0 Å². The minimum atomic E-state index is -3.25. The number of nitrogens with zero attached hydrogens (tertiary/aromatic N) is 2. The molecule has 0 amide bonds. The van der Waals surface area contributed by atoms with Crippen LogP contribution in [0.4, 0.5) is 0 Å². The van der Waals surface area contributed by atoms with E-state index >= 15 is 0 Å². The number of halogens is 1. The maximum absolute atomic E-state index is 12.4. The van der Waals surface area contributed by atoms with Crippen molar-refractivity contribution in [1.82, 2.24) is 15.5 Å². The standard InChI is InChI=1S/C24H34N4O2S.HI/c1-3-25-24(26-15-10-16-31(29,30)23-13-8-5-9-14-23)27-22-17-20(2)28(19-22)18-21-11-6-4-7-12-21;/h4-9,11-14,20,22H,3,10,15-19H2,1-2H3,(H2,25,26,27);1H. The van der Waals surface area contributed by atoms with Gasteiger partial charge in [0, 0.05) is 38.3 Å². The Kier molecular flexibility index (Phi) is 10.9. The molecule has 0 aliphatic carbocycles. The summed E-state index contributed by atoms with van der Waals surface area (Å²) < 4.78 is 24.8. The minimum absolute atomic E-state index is 0. The Hall–Kier alpha value is -1.65. The molecule has 6 nitrogen and oxygen atoms in total. The summed E-state index contributed by atoms with van der Waals surface area (Å²) in [4.78, 5) is 7.49. The monoisotopic (exact) mass is 570 g/mol. The summed E-state index contributed by atoms with van der Waals surface area (Å²) in [5, 5.41) is 6.83. The number of hydrogen-bond donors (Lipinski definition) is 2. The van der Waals surface area contributed by atoms with Gasteiger partial charge in [0.15, 0.2) is 15.8 Å². The van der Waals surface area contributed by atoms with Gasteiger partial charge in [-0.3, -0.25) is 9.89 Å². The lowest BCUT2D eigenvalue weighted by Gasteiger charge is -2.21. The van der Waals surface area contributed by atoms with E-state index in [0.29, 0.717) is 29.9 Å². The maximum atomic E-state index is 12.4. The lowest BCUT2D eigenvalue weighted by molar-refractivity contribution is 0.258. The van der Waals surface area contributed by atoms with Crippen molar-refractivity contribution >= 4 is 39.8 Å². The van der Waals surface area contributed by atoms with E-state index < -0.39 is 9.84 Å². The molecule has 176 valence electrons. The molecule has 2 unspecified atom stereocenters. The molecule has 1 heterocycles. The van der Waals surface area contributed by atoms with Crippen molar-refractivity contribution in [3.8, 4) is 0 Å². The second-order valence-corrected chi connectivity index (χ2v) is 10.2. The van der Waals surface area contributed by atoms with Crippen LogP contribution in [0.15, 0.2) is 70.6 Å². The average Bonchev–Trinajstić information content (AvgIpc) is 3.11. The first-order valence-electron chi connectivity index (χ1n) is 11.1. The van der Waals surface area contributed by atoms with Crippen LogP contribution in [0.5, 0.6) is 0 Å². The van der Waals surface area contributed by atoms with Crippen LogP contribution < -0.4 is 10.6 Å². The zero-order chi connectivity index (χ0) is 22.1. The molecule has 2 aromatic carbocycles. The Morgan fingerprint density at radius 2 is 1.75 bits per heavy atom. The number of likely N-dealkylation sites (tertiary alicyclic amines) is 1. The third-order valence-corrected chi connectivity index (χ3v) is 7.38. The zero-order valence-corrected chi connectivity index (χ0v) is 22.1. The van der Waals surface area contributed by atoms with E-state index in [4.69, 9.17) is 0 Å². The van der Waals surface area contributed by atoms with Gasteiger partial charge in [-0.05, 0) is 44.4 Å². The molecular formula is C24H35IN4O2S. The van der Waals surface area contributed by atoms with Gasteiger partial charge in [-0.1, -0.05) is 48.5 Å². The van der Waals surface area contributed by atoms with Crippen LogP contribution in [-0.2, 0) is 16.4 Å². The topological polar surface area (TPSA) is 73.8 Å². The van der Waals surface area contributed by atoms with Crippen molar-refractivity contribution in [2.24, 2.45) is 4.99 Å². The Balaban J connectivity index is 0.00000363. The van der Waals surface area contributed by atoms with E-state index in [2.05, 4.69) is 51.7 Å². The molecule has 2 atom stereocenters. The highest BCUT2D eigenvalue weighted by Crippen LogP contribution is 2.20. The second-order valence-electron chi connectivity index (χ2n) is 8.09. The summed E-state index contributed by atoms with van der Waals surface area (Å²) >= 11 is 0. The summed E-state index contributed by atoms with van der Waals surface area (Å²) in [5.41, 5.74) is 1.33. The minimum Gasteiger partial charge on any atom is -0.357 e. The van der Waals surface area contributed by atoms with Crippen molar-refractivity contribution in [3.63, 3.8) is 0 Å². The fourth-order valence-corrected chi connectivity index (χ4v) is 5.26. The molecule has 0 radical (unpaired) electrons. The number of aliphatic imine (C=N–C) groups is 1. The molecule has 0 bridgehead atoms. The normalized spacial score (nSPS) is 19.4. The highest BCUT2D eigenvalue weighted by molar-refractivity contribution is 14.0. The molecule has 1 saturated heterocycles. The molecular weight excluding hydrogens is 535 g/mol. The van der Waals surface area contributed by atoms with E-state index in [0.717, 1.165) is 32.0 Å². The van der Waals surface area contributed by atoms with E-state index in [9.17, 15) is 8.42 Å². The summed E-state index contributed by atoms with van der Waals surface area (Å²) in [5.74, 6) is 0.865. The van der Waals surface area contributed by atoms with Gasteiger partial charge < -0.3 is 10.6 Å². The van der Waals surface area contributed by atoms with Gasteiger partial charge in [0.1, 0.15) is 0 Å². The molecule has 1 aliphatic heterocycles. The van der Waals surface area contributed by atoms with Crippen LogP contribution in [-0.4, -0.2) is 56.7 Å².